The maximum Gasteiger partial charge on any atom is 0.235 e. The van der Waals surface area contributed by atoms with Gasteiger partial charge in [-0.1, -0.05) is 36.7 Å². The molecule has 0 saturated heterocycles. The highest BCUT2D eigenvalue weighted by atomic mass is 32.2. The van der Waals surface area contributed by atoms with Crippen LogP contribution in [-0.2, 0) is 10.0 Å². The van der Waals surface area contributed by atoms with Crippen molar-refractivity contribution in [3.63, 3.8) is 0 Å². The summed E-state index contributed by atoms with van der Waals surface area (Å²) in [6, 6.07) is 8.85. The third-order valence-corrected chi connectivity index (χ3v) is 4.70. The van der Waals surface area contributed by atoms with Crippen LogP contribution in [0.5, 0.6) is 0 Å². The Bertz CT molecular complexity index is 529. The summed E-state index contributed by atoms with van der Waals surface area (Å²) in [5, 5.41) is 11.4. The minimum absolute atomic E-state index is 0.0108. The van der Waals surface area contributed by atoms with Crippen LogP contribution in [0.3, 0.4) is 0 Å². The van der Waals surface area contributed by atoms with Gasteiger partial charge in [-0.25, -0.2) is 8.42 Å². The fourth-order valence-electron chi connectivity index (χ4n) is 1.73. The molecule has 0 aliphatic heterocycles. The van der Waals surface area contributed by atoms with Crippen molar-refractivity contribution in [2.75, 3.05) is 16.6 Å². The molecule has 6 nitrogen and oxygen atoms in total. The number of benzene rings is 1. The Hall–Kier alpha value is -1.76. The molecule has 0 aliphatic rings. The van der Waals surface area contributed by atoms with Crippen LogP contribution in [0, 0.1) is 0 Å². The monoisotopic (exact) mass is 299 g/mol. The number of hydrogen-bond acceptors (Lipinski definition) is 4. The van der Waals surface area contributed by atoms with Gasteiger partial charge in [0.2, 0.25) is 10.0 Å². The molecule has 3 N–H and O–H groups in total. The van der Waals surface area contributed by atoms with E-state index in [1.165, 1.54) is 4.31 Å². The third kappa shape index (κ3) is 4.73. The highest BCUT2D eigenvalue weighted by Crippen LogP contribution is 2.19. The fourth-order valence-corrected chi connectivity index (χ4v) is 3.41. The number of para-hydroxylation sites is 1. The normalized spacial score (nSPS) is 12.3. The molecule has 0 aromatic heterocycles. The number of sulfonamides is 1. The number of rotatable bonds is 8. The third-order valence-electron chi connectivity index (χ3n) is 2.84. The molecule has 0 atom stereocenters. The lowest BCUT2D eigenvalue weighted by Crippen LogP contribution is -2.35. The van der Waals surface area contributed by atoms with Crippen molar-refractivity contribution in [2.45, 2.75) is 26.2 Å². The molecule has 112 valence electrons. The minimum atomic E-state index is -3.40. The van der Waals surface area contributed by atoms with Crippen LogP contribution in [0.25, 0.3) is 0 Å². The first-order valence-electron chi connectivity index (χ1n) is 6.53. The molecule has 1 aromatic carbocycles. The summed E-state index contributed by atoms with van der Waals surface area (Å²) in [6.07, 6.45) is 1.59. The van der Waals surface area contributed by atoms with Gasteiger partial charge in [0.1, 0.15) is 5.84 Å². The number of unbranched alkanes of at least 4 members (excludes halogenated alkanes) is 1. The molecule has 0 bridgehead atoms. The van der Waals surface area contributed by atoms with E-state index in [0.717, 1.165) is 6.42 Å². The van der Waals surface area contributed by atoms with Crippen LogP contribution >= 0.6 is 0 Å². The van der Waals surface area contributed by atoms with Gasteiger partial charge in [-0.05, 0) is 18.6 Å². The molecular formula is C13H21N3O3S. The largest absolute Gasteiger partial charge is 0.409 e. The van der Waals surface area contributed by atoms with Crippen LogP contribution in [0.2, 0.25) is 0 Å². The summed E-state index contributed by atoms with van der Waals surface area (Å²) in [5.74, 6) is 0.103. The highest BCUT2D eigenvalue weighted by molar-refractivity contribution is 7.92. The van der Waals surface area contributed by atoms with E-state index in [2.05, 4.69) is 5.16 Å². The lowest BCUT2D eigenvalue weighted by molar-refractivity contribution is 0.317. The fraction of sp³-hybridized carbons (Fsp3) is 0.462. The molecule has 0 aliphatic carbocycles. The van der Waals surface area contributed by atoms with Gasteiger partial charge in [-0.2, -0.15) is 0 Å². The van der Waals surface area contributed by atoms with E-state index in [4.69, 9.17) is 10.9 Å². The number of nitrogens with zero attached hydrogens (tertiary/aromatic N) is 2. The van der Waals surface area contributed by atoms with Crippen LogP contribution in [0.4, 0.5) is 5.69 Å². The average molecular weight is 299 g/mol. The van der Waals surface area contributed by atoms with Crippen molar-refractivity contribution in [2.24, 2.45) is 10.9 Å². The number of amidine groups is 1. The lowest BCUT2D eigenvalue weighted by Gasteiger charge is -2.24. The van der Waals surface area contributed by atoms with Crippen molar-refractivity contribution in [3.05, 3.63) is 30.3 Å². The predicted octanol–water partition coefficient (Wildman–Crippen LogP) is 1.76. The van der Waals surface area contributed by atoms with E-state index in [1.807, 2.05) is 13.0 Å². The zero-order valence-electron chi connectivity index (χ0n) is 11.6. The van der Waals surface area contributed by atoms with Gasteiger partial charge in [0, 0.05) is 13.0 Å². The number of oxime groups is 1. The van der Waals surface area contributed by atoms with Crippen molar-refractivity contribution in [1.82, 2.24) is 0 Å². The zero-order valence-corrected chi connectivity index (χ0v) is 12.4. The second-order valence-electron chi connectivity index (χ2n) is 4.42. The first-order chi connectivity index (χ1) is 9.51. The molecule has 20 heavy (non-hydrogen) atoms. The summed E-state index contributed by atoms with van der Waals surface area (Å²) in [6.45, 7) is 2.10. The number of nitrogens with two attached hydrogens (primary N) is 1. The van der Waals surface area contributed by atoms with Crippen molar-refractivity contribution in [1.29, 1.82) is 0 Å². The van der Waals surface area contributed by atoms with E-state index in [9.17, 15) is 8.42 Å². The molecular weight excluding hydrogens is 278 g/mol. The molecule has 0 radical (unpaired) electrons. The maximum absolute atomic E-state index is 12.4. The van der Waals surface area contributed by atoms with Crippen molar-refractivity contribution in [3.8, 4) is 0 Å². The Morgan fingerprint density at radius 2 is 2.00 bits per heavy atom. The zero-order chi connectivity index (χ0) is 15.0. The van der Waals surface area contributed by atoms with Crippen LogP contribution in [0.1, 0.15) is 26.2 Å². The highest BCUT2D eigenvalue weighted by Gasteiger charge is 2.21. The average Bonchev–Trinajstić information content (AvgIpc) is 2.46. The molecule has 0 unspecified atom stereocenters. The van der Waals surface area contributed by atoms with Gasteiger partial charge in [0.15, 0.2) is 0 Å². The predicted molar refractivity (Wildman–Crippen MR) is 80.5 cm³/mol. The topological polar surface area (TPSA) is 96.0 Å². The van der Waals surface area contributed by atoms with E-state index in [-0.39, 0.29) is 24.6 Å². The Kier molecular flexibility index (Phi) is 6.30. The number of hydrogen-bond donors (Lipinski definition) is 2. The molecule has 0 amide bonds. The summed E-state index contributed by atoms with van der Waals surface area (Å²) in [7, 11) is -3.40. The standard InChI is InChI=1S/C13H21N3O3S/c1-2-3-11-20(18,19)16(10-9-13(14)15-17)12-7-5-4-6-8-12/h4-8,17H,2-3,9-11H2,1H3,(H2,14,15). The quantitative estimate of drug-likeness (QED) is 0.331. The van der Waals surface area contributed by atoms with Crippen LogP contribution in [-0.4, -0.2) is 31.8 Å². The molecule has 1 rings (SSSR count). The van der Waals surface area contributed by atoms with Crippen LogP contribution in [0.15, 0.2) is 35.5 Å². The molecule has 7 heteroatoms. The van der Waals surface area contributed by atoms with Gasteiger partial charge in [0.05, 0.1) is 11.4 Å². The van der Waals surface area contributed by atoms with E-state index < -0.39 is 10.0 Å². The molecule has 0 fully saturated rings. The molecule has 1 aromatic rings. The van der Waals surface area contributed by atoms with Gasteiger partial charge >= 0.3 is 0 Å². The molecule has 0 heterocycles. The smallest absolute Gasteiger partial charge is 0.235 e. The van der Waals surface area contributed by atoms with Gasteiger partial charge in [-0.15, -0.1) is 0 Å². The minimum Gasteiger partial charge on any atom is -0.409 e. The Balaban J connectivity index is 2.96. The van der Waals surface area contributed by atoms with E-state index in [0.29, 0.717) is 12.1 Å². The van der Waals surface area contributed by atoms with Crippen LogP contribution < -0.4 is 10.0 Å². The van der Waals surface area contributed by atoms with Gasteiger partial charge in [-0.3, -0.25) is 4.31 Å². The van der Waals surface area contributed by atoms with Gasteiger partial charge in [0.25, 0.3) is 0 Å². The van der Waals surface area contributed by atoms with Gasteiger partial charge < -0.3 is 10.9 Å². The Morgan fingerprint density at radius 1 is 1.35 bits per heavy atom. The SMILES string of the molecule is CCCCS(=O)(=O)N(CC/C(N)=N/O)c1ccccc1. The van der Waals surface area contributed by atoms with Crippen molar-refractivity contribution >= 4 is 21.5 Å². The first-order valence-corrected chi connectivity index (χ1v) is 8.14. The van der Waals surface area contributed by atoms with E-state index >= 15 is 0 Å². The summed E-state index contributed by atoms with van der Waals surface area (Å²) < 4.78 is 26.1. The molecule has 0 spiro atoms. The second kappa shape index (κ2) is 7.74. The summed E-state index contributed by atoms with van der Waals surface area (Å²) >= 11 is 0. The Labute approximate surface area is 119 Å². The maximum atomic E-state index is 12.4. The van der Waals surface area contributed by atoms with Crippen molar-refractivity contribution < 1.29 is 13.6 Å². The first kappa shape index (κ1) is 16.3. The molecule has 0 saturated carbocycles. The number of anilines is 1. The van der Waals surface area contributed by atoms with E-state index in [1.54, 1.807) is 24.3 Å². The lowest BCUT2D eigenvalue weighted by atomic mass is 10.3. The second-order valence-corrected chi connectivity index (χ2v) is 6.43. The Morgan fingerprint density at radius 3 is 2.55 bits per heavy atom. The summed E-state index contributed by atoms with van der Waals surface area (Å²) in [4.78, 5) is 0. The summed E-state index contributed by atoms with van der Waals surface area (Å²) in [5.41, 5.74) is 6.01.